The molecule has 21 heavy (non-hydrogen) atoms. The highest BCUT2D eigenvalue weighted by molar-refractivity contribution is 7.80. The van der Waals surface area contributed by atoms with Crippen LogP contribution in [0.1, 0.15) is 32.6 Å². The van der Waals surface area contributed by atoms with Gasteiger partial charge in [0.2, 0.25) is 0 Å². The molecule has 0 radical (unpaired) electrons. The Morgan fingerprint density at radius 2 is 2.10 bits per heavy atom. The van der Waals surface area contributed by atoms with E-state index in [-0.39, 0.29) is 23.2 Å². The normalized spacial score (nSPS) is 21.6. The van der Waals surface area contributed by atoms with Crippen molar-refractivity contribution in [1.82, 2.24) is 5.32 Å². The molecule has 1 aliphatic carbocycles. The minimum atomic E-state index is -0.537. The first-order chi connectivity index (χ1) is 9.97. The highest BCUT2D eigenvalue weighted by Gasteiger charge is 2.21. The molecule has 0 heterocycles. The van der Waals surface area contributed by atoms with Crippen molar-refractivity contribution in [2.45, 2.75) is 38.6 Å². The van der Waals surface area contributed by atoms with E-state index in [1.807, 2.05) is 0 Å². The summed E-state index contributed by atoms with van der Waals surface area (Å²) in [5, 5.41) is 28.8. The van der Waals surface area contributed by atoms with Crippen LogP contribution >= 0.6 is 12.2 Å². The molecule has 0 spiro atoms. The van der Waals surface area contributed by atoms with Gasteiger partial charge >= 0.3 is 0 Å². The summed E-state index contributed by atoms with van der Waals surface area (Å²) in [5.41, 5.74) is -0.00361. The zero-order valence-corrected chi connectivity index (χ0v) is 12.6. The average Bonchev–Trinajstić information content (AvgIpc) is 2.43. The Morgan fingerprint density at radius 1 is 1.38 bits per heavy atom. The number of nitro benzene ring substituents is 1. The van der Waals surface area contributed by atoms with Crippen molar-refractivity contribution in [3.63, 3.8) is 0 Å². The van der Waals surface area contributed by atoms with E-state index in [2.05, 4.69) is 17.6 Å². The van der Waals surface area contributed by atoms with E-state index in [9.17, 15) is 15.2 Å². The molecule has 0 amide bonds. The van der Waals surface area contributed by atoms with Gasteiger partial charge in [-0.2, -0.15) is 0 Å². The van der Waals surface area contributed by atoms with Gasteiger partial charge in [0.15, 0.2) is 5.11 Å². The van der Waals surface area contributed by atoms with E-state index < -0.39 is 4.92 Å². The quantitative estimate of drug-likeness (QED) is 0.506. The molecular formula is C14H18N3O3S-. The number of non-ortho nitro benzene ring substituents is 1. The Bertz CT molecular complexity index is 550. The predicted molar refractivity (Wildman–Crippen MR) is 83.3 cm³/mol. The molecule has 0 aliphatic heterocycles. The number of nitro groups is 1. The first kappa shape index (κ1) is 15.5. The third-order valence-corrected chi connectivity index (χ3v) is 4.07. The van der Waals surface area contributed by atoms with Gasteiger partial charge in [0.05, 0.1) is 4.92 Å². The lowest BCUT2D eigenvalue weighted by atomic mass is 9.86. The Hall–Kier alpha value is -1.89. The van der Waals surface area contributed by atoms with Crippen molar-refractivity contribution in [2.75, 3.05) is 5.32 Å². The van der Waals surface area contributed by atoms with E-state index in [0.717, 1.165) is 19.3 Å². The van der Waals surface area contributed by atoms with Crippen molar-refractivity contribution in [3.05, 3.63) is 28.3 Å². The highest BCUT2D eigenvalue weighted by atomic mass is 32.1. The van der Waals surface area contributed by atoms with Gasteiger partial charge < -0.3 is 15.7 Å². The number of hydrogen-bond donors (Lipinski definition) is 2. The lowest BCUT2D eigenvalue weighted by molar-refractivity contribution is -0.385. The van der Waals surface area contributed by atoms with E-state index in [0.29, 0.717) is 11.0 Å². The van der Waals surface area contributed by atoms with Gasteiger partial charge in [0.1, 0.15) is 0 Å². The SMILES string of the molecule is C[C@H]1CCCC[C@@H]1NC(=S)Nc1cc([N+](=O)[O-])ccc1[O-]. The zero-order valence-electron chi connectivity index (χ0n) is 11.8. The predicted octanol–water partition coefficient (Wildman–Crippen LogP) is 2.53. The third-order valence-electron chi connectivity index (χ3n) is 3.85. The minimum absolute atomic E-state index is 0.130. The molecule has 1 aromatic carbocycles. The summed E-state index contributed by atoms with van der Waals surface area (Å²) in [7, 11) is 0. The second kappa shape index (κ2) is 6.71. The molecule has 6 nitrogen and oxygen atoms in total. The van der Waals surface area contributed by atoms with Gasteiger partial charge in [-0.05, 0) is 31.0 Å². The summed E-state index contributed by atoms with van der Waals surface area (Å²) in [6, 6.07) is 3.85. The molecule has 2 N–H and O–H groups in total. The zero-order chi connectivity index (χ0) is 15.4. The highest BCUT2D eigenvalue weighted by Crippen LogP contribution is 2.26. The molecule has 0 aromatic heterocycles. The smallest absolute Gasteiger partial charge is 0.271 e. The number of thiocarbonyl (C=S) groups is 1. The molecule has 0 unspecified atom stereocenters. The Labute approximate surface area is 128 Å². The second-order valence-corrected chi connectivity index (χ2v) is 5.81. The summed E-state index contributed by atoms with van der Waals surface area (Å²) in [4.78, 5) is 10.2. The number of hydrogen-bond acceptors (Lipinski definition) is 4. The lowest BCUT2D eigenvalue weighted by Gasteiger charge is -2.30. The van der Waals surface area contributed by atoms with Crippen molar-refractivity contribution in [1.29, 1.82) is 0 Å². The van der Waals surface area contributed by atoms with Gasteiger partial charge in [0.25, 0.3) is 5.69 Å². The van der Waals surface area contributed by atoms with Crippen LogP contribution in [0.2, 0.25) is 0 Å². The fourth-order valence-electron chi connectivity index (χ4n) is 2.59. The standard InChI is InChI=1S/C14H19N3O3S/c1-9-4-2-3-5-11(9)15-14(21)16-12-8-10(17(19)20)6-7-13(12)18/h6-9,11,18H,2-5H2,1H3,(H2,15,16,21)/p-1/t9-,11-/m0/s1. The van der Waals surface area contributed by atoms with Gasteiger partial charge in [-0.3, -0.25) is 10.1 Å². The number of rotatable bonds is 3. The molecule has 0 saturated heterocycles. The van der Waals surface area contributed by atoms with Crippen LogP contribution in [0.3, 0.4) is 0 Å². The van der Waals surface area contributed by atoms with Crippen LogP contribution in [0.5, 0.6) is 5.75 Å². The van der Waals surface area contributed by atoms with Crippen LogP contribution in [0.4, 0.5) is 11.4 Å². The van der Waals surface area contributed by atoms with Gasteiger partial charge in [-0.1, -0.05) is 31.6 Å². The maximum absolute atomic E-state index is 11.7. The number of nitrogens with zero attached hydrogens (tertiary/aromatic N) is 1. The maximum Gasteiger partial charge on any atom is 0.271 e. The molecule has 1 aliphatic rings. The molecular weight excluding hydrogens is 290 g/mol. The van der Waals surface area contributed by atoms with Gasteiger partial charge in [0, 0.05) is 23.9 Å². The largest absolute Gasteiger partial charge is 0.871 e. The molecule has 0 bridgehead atoms. The summed E-state index contributed by atoms with van der Waals surface area (Å²) in [6.45, 7) is 2.17. The fraction of sp³-hybridized carbons (Fsp3) is 0.500. The number of anilines is 1. The van der Waals surface area contributed by atoms with Crippen LogP contribution in [0, 0.1) is 16.0 Å². The van der Waals surface area contributed by atoms with E-state index >= 15 is 0 Å². The summed E-state index contributed by atoms with van der Waals surface area (Å²) >= 11 is 5.21. The van der Waals surface area contributed by atoms with Gasteiger partial charge in [-0.25, -0.2) is 0 Å². The summed E-state index contributed by atoms with van der Waals surface area (Å²) in [6.07, 6.45) is 4.59. The van der Waals surface area contributed by atoms with Gasteiger partial charge in [-0.15, -0.1) is 0 Å². The lowest BCUT2D eigenvalue weighted by Crippen LogP contribution is -2.43. The van der Waals surface area contributed by atoms with Crippen molar-refractivity contribution < 1.29 is 10.0 Å². The summed E-state index contributed by atoms with van der Waals surface area (Å²) < 4.78 is 0. The van der Waals surface area contributed by atoms with Crippen molar-refractivity contribution in [2.24, 2.45) is 5.92 Å². The van der Waals surface area contributed by atoms with Crippen molar-refractivity contribution in [3.8, 4) is 5.75 Å². The monoisotopic (exact) mass is 308 g/mol. The van der Waals surface area contributed by atoms with Crippen LogP contribution in [0.25, 0.3) is 0 Å². The van der Waals surface area contributed by atoms with Crippen LogP contribution in [-0.4, -0.2) is 16.1 Å². The maximum atomic E-state index is 11.7. The molecule has 2 rings (SSSR count). The summed E-state index contributed by atoms with van der Waals surface area (Å²) in [5.74, 6) is 0.205. The molecule has 1 fully saturated rings. The molecule has 1 saturated carbocycles. The van der Waals surface area contributed by atoms with Crippen LogP contribution < -0.4 is 15.7 Å². The Kier molecular flexibility index (Phi) is 4.95. The van der Waals surface area contributed by atoms with Crippen molar-refractivity contribution >= 4 is 28.7 Å². The fourth-order valence-corrected chi connectivity index (χ4v) is 2.85. The molecule has 114 valence electrons. The third kappa shape index (κ3) is 4.04. The number of nitrogens with one attached hydrogen (secondary N) is 2. The Balaban J connectivity index is 2.02. The van der Waals surface area contributed by atoms with Crippen LogP contribution in [0.15, 0.2) is 18.2 Å². The average molecular weight is 308 g/mol. The molecule has 7 heteroatoms. The van der Waals surface area contributed by atoms with E-state index in [1.54, 1.807) is 0 Å². The molecule has 1 aromatic rings. The first-order valence-electron chi connectivity index (χ1n) is 7.00. The van der Waals surface area contributed by atoms with E-state index in [4.69, 9.17) is 12.2 Å². The molecule has 2 atom stereocenters. The minimum Gasteiger partial charge on any atom is -0.871 e. The van der Waals surface area contributed by atoms with E-state index in [1.165, 1.54) is 24.6 Å². The number of benzene rings is 1. The Morgan fingerprint density at radius 3 is 2.76 bits per heavy atom. The second-order valence-electron chi connectivity index (χ2n) is 5.40. The first-order valence-corrected chi connectivity index (χ1v) is 7.41. The topological polar surface area (TPSA) is 90.3 Å². The van der Waals surface area contributed by atoms with Crippen LogP contribution in [-0.2, 0) is 0 Å².